The third-order valence-corrected chi connectivity index (χ3v) is 4.21. The van der Waals surface area contributed by atoms with Crippen LogP contribution in [0.2, 0.25) is 0 Å². The summed E-state index contributed by atoms with van der Waals surface area (Å²) in [5.41, 5.74) is 3.87. The van der Waals surface area contributed by atoms with Crippen LogP contribution in [0.1, 0.15) is 25.8 Å². The Morgan fingerprint density at radius 3 is 2.29 bits per heavy atom. The van der Waals surface area contributed by atoms with Crippen molar-refractivity contribution in [2.75, 3.05) is 6.61 Å². The molecule has 0 aliphatic rings. The Labute approximate surface area is 144 Å². The summed E-state index contributed by atoms with van der Waals surface area (Å²) in [6.07, 6.45) is 6.33. The Morgan fingerprint density at radius 1 is 0.833 bits per heavy atom. The Kier molecular flexibility index (Phi) is 5.32. The standard InChI is InChI=1S/C23H24O/c1-3-5-15-24-23-13-11-19(12-14-23)21-10-9-20-16-18(6-4-2)7-8-22(20)17-21/h3,5,7-14,16-17H,4,6,15H2,1-2H3. The van der Waals surface area contributed by atoms with Gasteiger partial charge in [0.15, 0.2) is 0 Å². The predicted octanol–water partition coefficient (Wildman–Crippen LogP) is 6.41. The minimum atomic E-state index is 0.617. The fraction of sp³-hybridized carbons (Fsp3) is 0.217. The van der Waals surface area contributed by atoms with E-state index in [4.69, 9.17) is 4.74 Å². The topological polar surface area (TPSA) is 9.23 Å². The van der Waals surface area contributed by atoms with Crippen molar-refractivity contribution in [2.24, 2.45) is 0 Å². The molecule has 0 unspecified atom stereocenters. The molecule has 0 atom stereocenters. The monoisotopic (exact) mass is 316 g/mol. The summed E-state index contributed by atoms with van der Waals surface area (Å²) in [6, 6.07) is 21.8. The molecule has 0 bridgehead atoms. The van der Waals surface area contributed by atoms with Crippen LogP contribution in [-0.2, 0) is 6.42 Å². The zero-order valence-corrected chi connectivity index (χ0v) is 14.5. The highest BCUT2D eigenvalue weighted by Gasteiger charge is 2.02. The summed E-state index contributed by atoms with van der Waals surface area (Å²) in [4.78, 5) is 0. The molecule has 0 spiro atoms. The maximum absolute atomic E-state index is 5.66. The molecule has 0 amide bonds. The highest BCUT2D eigenvalue weighted by Crippen LogP contribution is 2.27. The van der Waals surface area contributed by atoms with Crippen molar-refractivity contribution in [3.8, 4) is 16.9 Å². The molecule has 0 aliphatic carbocycles. The van der Waals surface area contributed by atoms with Crippen molar-refractivity contribution < 1.29 is 4.74 Å². The molecule has 3 aromatic rings. The van der Waals surface area contributed by atoms with Gasteiger partial charge >= 0.3 is 0 Å². The van der Waals surface area contributed by atoms with Gasteiger partial charge < -0.3 is 4.74 Å². The Balaban J connectivity index is 1.82. The van der Waals surface area contributed by atoms with Gasteiger partial charge in [0, 0.05) is 0 Å². The van der Waals surface area contributed by atoms with E-state index in [1.165, 1.54) is 33.9 Å². The van der Waals surface area contributed by atoms with E-state index in [1.54, 1.807) is 0 Å². The zero-order chi connectivity index (χ0) is 16.8. The molecule has 1 heteroatoms. The van der Waals surface area contributed by atoms with E-state index in [2.05, 4.69) is 55.5 Å². The molecule has 0 saturated heterocycles. The Bertz CT molecular complexity index is 828. The normalized spacial score (nSPS) is 11.2. The van der Waals surface area contributed by atoms with E-state index < -0.39 is 0 Å². The van der Waals surface area contributed by atoms with E-state index in [0.717, 1.165) is 12.2 Å². The second-order valence-electron chi connectivity index (χ2n) is 6.05. The first-order chi connectivity index (χ1) is 11.8. The number of allylic oxidation sites excluding steroid dienone is 1. The lowest BCUT2D eigenvalue weighted by molar-refractivity contribution is 0.363. The van der Waals surface area contributed by atoms with E-state index in [-0.39, 0.29) is 0 Å². The molecule has 0 fully saturated rings. The predicted molar refractivity (Wildman–Crippen MR) is 104 cm³/mol. The lowest BCUT2D eigenvalue weighted by Crippen LogP contribution is -1.92. The largest absolute Gasteiger partial charge is 0.490 e. The number of hydrogen-bond acceptors (Lipinski definition) is 1. The first-order valence-corrected chi connectivity index (χ1v) is 8.67. The van der Waals surface area contributed by atoms with Gasteiger partial charge in [0.05, 0.1) is 0 Å². The minimum Gasteiger partial charge on any atom is -0.490 e. The number of fused-ring (bicyclic) bond motifs is 1. The van der Waals surface area contributed by atoms with Crippen LogP contribution in [-0.4, -0.2) is 6.61 Å². The van der Waals surface area contributed by atoms with E-state index in [9.17, 15) is 0 Å². The van der Waals surface area contributed by atoms with E-state index in [1.807, 2.05) is 31.2 Å². The van der Waals surface area contributed by atoms with Gasteiger partial charge in [-0.25, -0.2) is 0 Å². The van der Waals surface area contributed by atoms with Crippen molar-refractivity contribution in [1.82, 2.24) is 0 Å². The molecule has 0 aromatic heterocycles. The molecular weight excluding hydrogens is 292 g/mol. The van der Waals surface area contributed by atoms with Gasteiger partial charge in [0.1, 0.15) is 12.4 Å². The lowest BCUT2D eigenvalue weighted by atomic mass is 9.99. The van der Waals surface area contributed by atoms with Gasteiger partial charge in [0.25, 0.3) is 0 Å². The van der Waals surface area contributed by atoms with Gasteiger partial charge in [-0.2, -0.15) is 0 Å². The van der Waals surface area contributed by atoms with Crippen LogP contribution in [0.15, 0.2) is 72.8 Å². The highest BCUT2D eigenvalue weighted by molar-refractivity contribution is 5.87. The molecular formula is C23H24O. The summed E-state index contributed by atoms with van der Waals surface area (Å²) < 4.78 is 5.66. The van der Waals surface area contributed by atoms with Gasteiger partial charge in [0.2, 0.25) is 0 Å². The van der Waals surface area contributed by atoms with Crippen LogP contribution in [0.5, 0.6) is 5.75 Å². The third-order valence-electron chi connectivity index (χ3n) is 4.21. The molecule has 0 radical (unpaired) electrons. The number of hydrogen-bond donors (Lipinski definition) is 0. The molecule has 3 aromatic carbocycles. The lowest BCUT2D eigenvalue weighted by Gasteiger charge is -2.08. The number of benzene rings is 3. The Hall–Kier alpha value is -2.54. The van der Waals surface area contributed by atoms with Crippen molar-refractivity contribution in [1.29, 1.82) is 0 Å². The molecule has 0 saturated carbocycles. The van der Waals surface area contributed by atoms with Gasteiger partial charge in [-0.05, 0) is 59.0 Å². The van der Waals surface area contributed by atoms with Gasteiger partial charge in [-0.1, -0.05) is 68.0 Å². The smallest absolute Gasteiger partial charge is 0.119 e. The van der Waals surface area contributed by atoms with Crippen molar-refractivity contribution in [3.63, 3.8) is 0 Å². The zero-order valence-electron chi connectivity index (χ0n) is 14.5. The average molecular weight is 316 g/mol. The van der Waals surface area contributed by atoms with Crippen molar-refractivity contribution >= 4 is 10.8 Å². The minimum absolute atomic E-state index is 0.617. The van der Waals surface area contributed by atoms with Crippen molar-refractivity contribution in [3.05, 3.63) is 78.4 Å². The first-order valence-electron chi connectivity index (χ1n) is 8.67. The van der Waals surface area contributed by atoms with Crippen LogP contribution in [0, 0.1) is 0 Å². The summed E-state index contributed by atoms with van der Waals surface area (Å²) in [7, 11) is 0. The number of ether oxygens (including phenoxy) is 1. The van der Waals surface area contributed by atoms with Crippen LogP contribution in [0.4, 0.5) is 0 Å². The SMILES string of the molecule is CC=CCOc1ccc(-c2ccc3cc(CCC)ccc3c2)cc1. The molecule has 0 heterocycles. The fourth-order valence-electron chi connectivity index (χ4n) is 2.90. The van der Waals surface area contributed by atoms with E-state index in [0.29, 0.717) is 6.61 Å². The highest BCUT2D eigenvalue weighted by atomic mass is 16.5. The summed E-state index contributed by atoms with van der Waals surface area (Å²) in [5.74, 6) is 0.904. The number of aryl methyl sites for hydroxylation is 1. The van der Waals surface area contributed by atoms with Gasteiger partial charge in [-0.15, -0.1) is 0 Å². The second kappa shape index (κ2) is 7.83. The summed E-state index contributed by atoms with van der Waals surface area (Å²) >= 11 is 0. The van der Waals surface area contributed by atoms with Crippen LogP contribution < -0.4 is 4.74 Å². The molecule has 3 rings (SSSR count). The molecule has 0 N–H and O–H groups in total. The van der Waals surface area contributed by atoms with Crippen LogP contribution >= 0.6 is 0 Å². The molecule has 1 nitrogen and oxygen atoms in total. The summed E-state index contributed by atoms with van der Waals surface area (Å²) in [5, 5.41) is 2.61. The molecule has 0 aliphatic heterocycles. The third kappa shape index (κ3) is 3.86. The maximum Gasteiger partial charge on any atom is 0.119 e. The molecule has 24 heavy (non-hydrogen) atoms. The fourth-order valence-corrected chi connectivity index (χ4v) is 2.90. The molecule has 122 valence electrons. The summed E-state index contributed by atoms with van der Waals surface area (Å²) in [6.45, 7) is 4.84. The Morgan fingerprint density at radius 2 is 1.54 bits per heavy atom. The average Bonchev–Trinajstić information content (AvgIpc) is 2.62. The van der Waals surface area contributed by atoms with E-state index >= 15 is 0 Å². The first kappa shape index (κ1) is 16.3. The second-order valence-corrected chi connectivity index (χ2v) is 6.05. The maximum atomic E-state index is 5.66. The van der Waals surface area contributed by atoms with Crippen molar-refractivity contribution in [2.45, 2.75) is 26.7 Å². The number of rotatable bonds is 6. The van der Waals surface area contributed by atoms with Crippen LogP contribution in [0.3, 0.4) is 0 Å². The van der Waals surface area contributed by atoms with Gasteiger partial charge in [-0.3, -0.25) is 0 Å². The van der Waals surface area contributed by atoms with Crippen LogP contribution in [0.25, 0.3) is 21.9 Å². The quantitative estimate of drug-likeness (QED) is 0.477.